The number of benzene rings is 1. The van der Waals surface area contributed by atoms with Crippen LogP contribution in [0.15, 0.2) is 18.2 Å². The Balaban J connectivity index is 1.72. The standard InChI is InChI=1S/C17H26N2O2/c1-19-10-7-15(12-19)21-16-4-3-14(11-17(16)20-2)13-5-8-18-9-6-13/h3-4,11,13,15,18H,5-10,12H2,1-2H3. The monoisotopic (exact) mass is 290 g/mol. The summed E-state index contributed by atoms with van der Waals surface area (Å²) < 4.78 is 11.7. The van der Waals surface area contributed by atoms with Gasteiger partial charge in [0.25, 0.3) is 0 Å². The SMILES string of the molecule is COc1cc(C2CCNCC2)ccc1OC1CCN(C)C1. The summed E-state index contributed by atoms with van der Waals surface area (Å²) in [5.74, 6) is 2.41. The predicted octanol–water partition coefficient (Wildman–Crippen LogP) is 2.25. The third-order valence-electron chi connectivity index (χ3n) is 4.64. The van der Waals surface area contributed by atoms with Gasteiger partial charge in [0.1, 0.15) is 6.10 Å². The quantitative estimate of drug-likeness (QED) is 0.922. The Hall–Kier alpha value is -1.26. The molecule has 0 spiro atoms. The average Bonchev–Trinajstić information content (AvgIpc) is 2.94. The van der Waals surface area contributed by atoms with Gasteiger partial charge in [0.05, 0.1) is 7.11 Å². The molecule has 2 heterocycles. The molecule has 1 unspecified atom stereocenters. The summed E-state index contributed by atoms with van der Waals surface area (Å²) in [7, 11) is 3.87. The van der Waals surface area contributed by atoms with E-state index in [0.717, 1.165) is 44.1 Å². The molecule has 4 nitrogen and oxygen atoms in total. The number of ether oxygens (including phenoxy) is 2. The van der Waals surface area contributed by atoms with E-state index < -0.39 is 0 Å². The maximum atomic E-state index is 6.13. The molecule has 2 fully saturated rings. The zero-order valence-corrected chi connectivity index (χ0v) is 13.1. The lowest BCUT2D eigenvalue weighted by molar-refractivity contribution is 0.199. The molecule has 1 atom stereocenters. The van der Waals surface area contributed by atoms with E-state index in [0.29, 0.717) is 5.92 Å². The Bertz CT molecular complexity index is 472. The van der Waals surface area contributed by atoms with Crippen molar-refractivity contribution in [2.45, 2.75) is 31.3 Å². The second kappa shape index (κ2) is 6.67. The Labute approximate surface area is 127 Å². The van der Waals surface area contributed by atoms with Crippen molar-refractivity contribution in [1.82, 2.24) is 10.2 Å². The van der Waals surface area contributed by atoms with Gasteiger partial charge in [0.2, 0.25) is 0 Å². The normalized spacial score (nSPS) is 24.2. The van der Waals surface area contributed by atoms with Crippen molar-refractivity contribution in [1.29, 1.82) is 0 Å². The van der Waals surface area contributed by atoms with Crippen molar-refractivity contribution in [3.63, 3.8) is 0 Å². The largest absolute Gasteiger partial charge is 0.493 e. The molecule has 0 amide bonds. The number of hydrogen-bond acceptors (Lipinski definition) is 4. The van der Waals surface area contributed by atoms with Crippen LogP contribution >= 0.6 is 0 Å². The molecule has 116 valence electrons. The van der Waals surface area contributed by atoms with Crippen LogP contribution in [0.3, 0.4) is 0 Å². The number of likely N-dealkylation sites (N-methyl/N-ethyl adjacent to an activating group) is 1. The van der Waals surface area contributed by atoms with Gasteiger partial charge >= 0.3 is 0 Å². The molecule has 21 heavy (non-hydrogen) atoms. The van der Waals surface area contributed by atoms with Gasteiger partial charge in [-0.3, -0.25) is 0 Å². The fourth-order valence-corrected chi connectivity index (χ4v) is 3.36. The van der Waals surface area contributed by atoms with Gasteiger partial charge in [-0.2, -0.15) is 0 Å². The smallest absolute Gasteiger partial charge is 0.161 e. The topological polar surface area (TPSA) is 33.7 Å². The lowest BCUT2D eigenvalue weighted by Gasteiger charge is -2.24. The summed E-state index contributed by atoms with van der Waals surface area (Å²) >= 11 is 0. The van der Waals surface area contributed by atoms with E-state index in [1.807, 2.05) is 0 Å². The van der Waals surface area contributed by atoms with E-state index in [9.17, 15) is 0 Å². The lowest BCUT2D eigenvalue weighted by atomic mass is 9.90. The van der Waals surface area contributed by atoms with E-state index in [1.54, 1.807) is 7.11 Å². The number of nitrogens with zero attached hydrogens (tertiary/aromatic N) is 1. The first-order valence-electron chi connectivity index (χ1n) is 8.00. The van der Waals surface area contributed by atoms with Crippen molar-refractivity contribution < 1.29 is 9.47 Å². The molecule has 1 N–H and O–H groups in total. The molecule has 2 saturated heterocycles. The van der Waals surface area contributed by atoms with Gasteiger partial charge in [-0.1, -0.05) is 6.07 Å². The minimum Gasteiger partial charge on any atom is -0.493 e. The molecule has 0 bridgehead atoms. The average molecular weight is 290 g/mol. The summed E-state index contributed by atoms with van der Waals surface area (Å²) in [6.07, 6.45) is 3.79. The summed E-state index contributed by atoms with van der Waals surface area (Å²) in [5.41, 5.74) is 1.38. The fraction of sp³-hybridized carbons (Fsp3) is 0.647. The van der Waals surface area contributed by atoms with Gasteiger partial charge < -0.3 is 19.7 Å². The highest BCUT2D eigenvalue weighted by atomic mass is 16.5. The van der Waals surface area contributed by atoms with Crippen LogP contribution in [-0.4, -0.2) is 51.3 Å². The summed E-state index contributed by atoms with van der Waals surface area (Å²) in [6.45, 7) is 4.33. The number of nitrogens with one attached hydrogen (secondary N) is 1. The van der Waals surface area contributed by atoms with Crippen LogP contribution in [-0.2, 0) is 0 Å². The minimum absolute atomic E-state index is 0.286. The summed E-state index contributed by atoms with van der Waals surface area (Å²) in [5, 5.41) is 3.42. The third-order valence-corrected chi connectivity index (χ3v) is 4.64. The lowest BCUT2D eigenvalue weighted by Crippen LogP contribution is -2.26. The zero-order valence-electron chi connectivity index (χ0n) is 13.1. The van der Waals surface area contributed by atoms with E-state index in [1.165, 1.54) is 18.4 Å². The van der Waals surface area contributed by atoms with E-state index in [4.69, 9.17) is 9.47 Å². The minimum atomic E-state index is 0.286. The van der Waals surface area contributed by atoms with Gasteiger partial charge in [0, 0.05) is 13.1 Å². The number of hydrogen-bond donors (Lipinski definition) is 1. The van der Waals surface area contributed by atoms with Crippen molar-refractivity contribution >= 4 is 0 Å². The highest BCUT2D eigenvalue weighted by molar-refractivity contribution is 5.44. The first-order valence-corrected chi connectivity index (χ1v) is 8.00. The summed E-state index contributed by atoms with van der Waals surface area (Å²) in [6, 6.07) is 6.48. The first kappa shape index (κ1) is 14.7. The molecule has 0 aromatic heterocycles. The highest BCUT2D eigenvalue weighted by Gasteiger charge is 2.23. The van der Waals surface area contributed by atoms with Crippen LogP contribution in [0.1, 0.15) is 30.7 Å². The van der Waals surface area contributed by atoms with Crippen LogP contribution in [0.5, 0.6) is 11.5 Å². The van der Waals surface area contributed by atoms with Crippen LogP contribution in [0, 0.1) is 0 Å². The van der Waals surface area contributed by atoms with Crippen LogP contribution in [0.25, 0.3) is 0 Å². The molecule has 3 rings (SSSR count). The molecule has 0 saturated carbocycles. The Morgan fingerprint density at radius 2 is 1.95 bits per heavy atom. The molecule has 1 aromatic carbocycles. The summed E-state index contributed by atoms with van der Waals surface area (Å²) in [4.78, 5) is 2.31. The van der Waals surface area contributed by atoms with E-state index >= 15 is 0 Å². The molecule has 4 heteroatoms. The van der Waals surface area contributed by atoms with Crippen molar-refractivity contribution in [3.8, 4) is 11.5 Å². The van der Waals surface area contributed by atoms with E-state index in [2.05, 4.69) is 35.5 Å². The van der Waals surface area contributed by atoms with Gasteiger partial charge in [-0.05, 0) is 63.0 Å². The number of methoxy groups -OCH3 is 1. The Morgan fingerprint density at radius 1 is 1.14 bits per heavy atom. The predicted molar refractivity (Wildman–Crippen MR) is 84.4 cm³/mol. The highest BCUT2D eigenvalue weighted by Crippen LogP contribution is 2.35. The second-order valence-corrected chi connectivity index (χ2v) is 6.23. The number of likely N-dealkylation sites (tertiary alicyclic amines) is 1. The number of piperidine rings is 1. The third kappa shape index (κ3) is 3.50. The second-order valence-electron chi connectivity index (χ2n) is 6.23. The first-order chi connectivity index (χ1) is 10.3. The fourth-order valence-electron chi connectivity index (χ4n) is 3.36. The maximum absolute atomic E-state index is 6.13. The van der Waals surface area contributed by atoms with Crippen LogP contribution in [0.2, 0.25) is 0 Å². The molecule has 2 aliphatic rings. The molecular formula is C17H26N2O2. The molecular weight excluding hydrogens is 264 g/mol. The van der Waals surface area contributed by atoms with Gasteiger partial charge in [0.15, 0.2) is 11.5 Å². The molecule has 0 aliphatic carbocycles. The Kier molecular flexibility index (Phi) is 4.66. The van der Waals surface area contributed by atoms with Crippen LogP contribution < -0.4 is 14.8 Å². The molecule has 1 aromatic rings. The van der Waals surface area contributed by atoms with Crippen LogP contribution in [0.4, 0.5) is 0 Å². The molecule has 0 radical (unpaired) electrons. The van der Waals surface area contributed by atoms with Crippen molar-refractivity contribution in [3.05, 3.63) is 23.8 Å². The Morgan fingerprint density at radius 3 is 2.62 bits per heavy atom. The number of rotatable bonds is 4. The maximum Gasteiger partial charge on any atom is 0.161 e. The zero-order chi connectivity index (χ0) is 14.7. The van der Waals surface area contributed by atoms with Crippen molar-refractivity contribution in [2.24, 2.45) is 0 Å². The van der Waals surface area contributed by atoms with Gasteiger partial charge in [-0.15, -0.1) is 0 Å². The molecule has 2 aliphatic heterocycles. The van der Waals surface area contributed by atoms with Crippen molar-refractivity contribution in [2.75, 3.05) is 40.3 Å². The van der Waals surface area contributed by atoms with E-state index in [-0.39, 0.29) is 6.10 Å². The van der Waals surface area contributed by atoms with Gasteiger partial charge in [-0.25, -0.2) is 0 Å².